The minimum Gasteiger partial charge on any atom is -0.490 e. The Morgan fingerprint density at radius 1 is 1.00 bits per heavy atom. The summed E-state index contributed by atoms with van der Waals surface area (Å²) in [5, 5.41) is 3.60. The fourth-order valence-corrected chi connectivity index (χ4v) is 3.07. The number of nitrogens with one attached hydrogen (secondary N) is 1. The van der Waals surface area contributed by atoms with Gasteiger partial charge in [0.25, 0.3) is 0 Å². The molecule has 2 aromatic rings. The monoisotopic (exact) mass is 295 g/mol. The first-order valence-corrected chi connectivity index (χ1v) is 8.36. The second-order valence-electron chi connectivity index (χ2n) is 6.15. The third-order valence-electron chi connectivity index (χ3n) is 4.47. The van der Waals surface area contributed by atoms with Crippen molar-refractivity contribution in [3.8, 4) is 5.75 Å². The van der Waals surface area contributed by atoms with Gasteiger partial charge in [-0.3, -0.25) is 0 Å². The highest BCUT2D eigenvalue weighted by Crippen LogP contribution is 2.27. The average Bonchev–Trinajstić information content (AvgIpc) is 3.07. The molecule has 1 saturated carbocycles. The number of ether oxygens (including phenoxy) is 1. The third-order valence-corrected chi connectivity index (χ3v) is 4.47. The Morgan fingerprint density at radius 2 is 1.68 bits per heavy atom. The van der Waals surface area contributed by atoms with Crippen LogP contribution in [0.3, 0.4) is 0 Å². The molecular weight excluding hydrogens is 270 g/mol. The average molecular weight is 295 g/mol. The number of hydrogen-bond donors (Lipinski definition) is 1. The van der Waals surface area contributed by atoms with Gasteiger partial charge in [0.05, 0.1) is 6.10 Å². The van der Waals surface area contributed by atoms with E-state index < -0.39 is 0 Å². The molecule has 2 nitrogen and oxygen atoms in total. The summed E-state index contributed by atoms with van der Waals surface area (Å²) in [5.74, 6) is 1.04. The Hall–Kier alpha value is -1.80. The number of para-hydroxylation sites is 1. The molecule has 2 aromatic carbocycles. The zero-order valence-electron chi connectivity index (χ0n) is 13.3. The normalized spacial score (nSPS) is 16.6. The van der Waals surface area contributed by atoms with Gasteiger partial charge in [0, 0.05) is 18.2 Å². The second kappa shape index (κ2) is 7.46. The van der Waals surface area contributed by atoms with Crippen LogP contribution in [0.25, 0.3) is 0 Å². The minimum atomic E-state index is 0.334. The summed E-state index contributed by atoms with van der Waals surface area (Å²) in [6.45, 7) is 3.04. The summed E-state index contributed by atoms with van der Waals surface area (Å²) < 4.78 is 6.20. The molecule has 0 radical (unpaired) electrons. The van der Waals surface area contributed by atoms with Crippen molar-refractivity contribution in [2.45, 2.75) is 51.3 Å². The molecule has 0 aromatic heterocycles. The van der Waals surface area contributed by atoms with E-state index in [2.05, 4.69) is 66.8 Å². The highest BCUT2D eigenvalue weighted by atomic mass is 16.5. The molecule has 1 atom stereocenters. The van der Waals surface area contributed by atoms with Crippen LogP contribution in [-0.2, 0) is 6.54 Å². The van der Waals surface area contributed by atoms with Gasteiger partial charge in [-0.2, -0.15) is 0 Å². The molecule has 1 aliphatic rings. The molecule has 1 aliphatic carbocycles. The summed E-state index contributed by atoms with van der Waals surface area (Å²) in [7, 11) is 0. The lowest BCUT2D eigenvalue weighted by Crippen LogP contribution is -2.19. The Kier molecular flexibility index (Phi) is 5.12. The SMILES string of the molecule is C[C@@H](NCc1ccccc1OC1CCCC1)c1ccccc1. The highest BCUT2D eigenvalue weighted by Gasteiger charge is 2.17. The van der Waals surface area contributed by atoms with Crippen molar-refractivity contribution in [1.29, 1.82) is 0 Å². The van der Waals surface area contributed by atoms with Gasteiger partial charge in [-0.05, 0) is 44.2 Å². The Labute approximate surface area is 133 Å². The van der Waals surface area contributed by atoms with E-state index in [0.717, 1.165) is 12.3 Å². The maximum atomic E-state index is 6.20. The molecule has 0 spiro atoms. The lowest BCUT2D eigenvalue weighted by molar-refractivity contribution is 0.207. The summed E-state index contributed by atoms with van der Waals surface area (Å²) in [5.41, 5.74) is 2.56. The number of hydrogen-bond acceptors (Lipinski definition) is 2. The van der Waals surface area contributed by atoms with Crippen molar-refractivity contribution in [1.82, 2.24) is 5.32 Å². The lowest BCUT2D eigenvalue weighted by atomic mass is 10.1. The maximum Gasteiger partial charge on any atom is 0.124 e. The first kappa shape index (κ1) is 15.1. The van der Waals surface area contributed by atoms with E-state index in [1.807, 2.05) is 0 Å². The molecule has 0 bridgehead atoms. The van der Waals surface area contributed by atoms with E-state index >= 15 is 0 Å². The van der Waals surface area contributed by atoms with E-state index in [0.29, 0.717) is 12.1 Å². The maximum absolute atomic E-state index is 6.20. The van der Waals surface area contributed by atoms with Gasteiger partial charge in [0.1, 0.15) is 5.75 Å². The van der Waals surface area contributed by atoms with Gasteiger partial charge in [0.15, 0.2) is 0 Å². The zero-order chi connectivity index (χ0) is 15.2. The quantitative estimate of drug-likeness (QED) is 0.822. The molecule has 1 N–H and O–H groups in total. The summed E-state index contributed by atoms with van der Waals surface area (Å²) >= 11 is 0. The van der Waals surface area contributed by atoms with Gasteiger partial charge >= 0.3 is 0 Å². The van der Waals surface area contributed by atoms with E-state index in [4.69, 9.17) is 4.74 Å². The topological polar surface area (TPSA) is 21.3 Å². The van der Waals surface area contributed by atoms with Crippen molar-refractivity contribution in [3.63, 3.8) is 0 Å². The van der Waals surface area contributed by atoms with Crippen LogP contribution >= 0.6 is 0 Å². The van der Waals surface area contributed by atoms with E-state index in [1.54, 1.807) is 0 Å². The fraction of sp³-hybridized carbons (Fsp3) is 0.400. The van der Waals surface area contributed by atoms with E-state index in [1.165, 1.54) is 36.8 Å². The van der Waals surface area contributed by atoms with Crippen molar-refractivity contribution < 1.29 is 4.74 Å². The van der Waals surface area contributed by atoms with Gasteiger partial charge in [0.2, 0.25) is 0 Å². The Bertz CT molecular complexity index is 575. The van der Waals surface area contributed by atoms with E-state index in [-0.39, 0.29) is 0 Å². The van der Waals surface area contributed by atoms with Crippen molar-refractivity contribution in [2.24, 2.45) is 0 Å². The fourth-order valence-electron chi connectivity index (χ4n) is 3.07. The first-order chi connectivity index (χ1) is 10.8. The van der Waals surface area contributed by atoms with Gasteiger partial charge in [-0.1, -0.05) is 48.5 Å². The highest BCUT2D eigenvalue weighted by molar-refractivity contribution is 5.33. The van der Waals surface area contributed by atoms with E-state index in [9.17, 15) is 0 Å². The van der Waals surface area contributed by atoms with Crippen molar-refractivity contribution >= 4 is 0 Å². The van der Waals surface area contributed by atoms with Crippen LogP contribution in [0.4, 0.5) is 0 Å². The van der Waals surface area contributed by atoms with Gasteiger partial charge in [-0.15, -0.1) is 0 Å². The molecule has 0 unspecified atom stereocenters. The summed E-state index contributed by atoms with van der Waals surface area (Å²) in [6, 6.07) is 19.3. The molecule has 3 rings (SSSR count). The summed E-state index contributed by atoms with van der Waals surface area (Å²) in [6.07, 6.45) is 5.41. The predicted octanol–water partition coefficient (Wildman–Crippen LogP) is 4.86. The third kappa shape index (κ3) is 3.89. The lowest BCUT2D eigenvalue weighted by Gasteiger charge is -2.19. The van der Waals surface area contributed by atoms with Crippen molar-refractivity contribution in [2.75, 3.05) is 0 Å². The zero-order valence-corrected chi connectivity index (χ0v) is 13.3. The Morgan fingerprint density at radius 3 is 2.45 bits per heavy atom. The molecule has 0 heterocycles. The molecular formula is C20H25NO. The minimum absolute atomic E-state index is 0.334. The van der Waals surface area contributed by atoms with Crippen LogP contribution in [0.1, 0.15) is 49.8 Å². The van der Waals surface area contributed by atoms with Crippen molar-refractivity contribution in [3.05, 3.63) is 65.7 Å². The molecule has 1 fully saturated rings. The number of rotatable bonds is 6. The van der Waals surface area contributed by atoms with Gasteiger partial charge in [-0.25, -0.2) is 0 Å². The number of benzene rings is 2. The van der Waals surface area contributed by atoms with Crippen LogP contribution in [0.5, 0.6) is 5.75 Å². The molecule has 22 heavy (non-hydrogen) atoms. The van der Waals surface area contributed by atoms with Crippen LogP contribution in [-0.4, -0.2) is 6.10 Å². The van der Waals surface area contributed by atoms with Crippen LogP contribution in [0.15, 0.2) is 54.6 Å². The molecule has 2 heteroatoms. The molecule has 0 amide bonds. The predicted molar refractivity (Wildman–Crippen MR) is 91.0 cm³/mol. The van der Waals surface area contributed by atoms with Crippen LogP contribution in [0, 0.1) is 0 Å². The largest absolute Gasteiger partial charge is 0.490 e. The van der Waals surface area contributed by atoms with Gasteiger partial charge < -0.3 is 10.1 Å². The Balaban J connectivity index is 1.62. The molecule has 0 aliphatic heterocycles. The smallest absolute Gasteiger partial charge is 0.124 e. The first-order valence-electron chi connectivity index (χ1n) is 8.36. The van der Waals surface area contributed by atoms with Crippen LogP contribution in [0.2, 0.25) is 0 Å². The van der Waals surface area contributed by atoms with Crippen LogP contribution < -0.4 is 10.1 Å². The standard InChI is InChI=1S/C20H25NO/c1-16(17-9-3-2-4-10-17)21-15-18-11-5-8-14-20(18)22-19-12-6-7-13-19/h2-5,8-11,14,16,19,21H,6-7,12-13,15H2,1H3/t16-/m1/s1. The molecule has 116 valence electrons. The summed E-state index contributed by atoms with van der Waals surface area (Å²) in [4.78, 5) is 0. The molecule has 0 saturated heterocycles. The second-order valence-corrected chi connectivity index (χ2v) is 6.15.